The van der Waals surface area contributed by atoms with Crippen molar-refractivity contribution in [2.75, 3.05) is 7.11 Å². The highest BCUT2D eigenvalue weighted by Gasteiger charge is 2.80. The molecule has 1 aromatic carbocycles. The molecule has 0 spiro atoms. The monoisotopic (exact) mass is 401 g/mol. The molecule has 2 bridgehead atoms. The topological polar surface area (TPSA) is 128 Å². The van der Waals surface area contributed by atoms with Gasteiger partial charge in [-0.15, -0.1) is 0 Å². The van der Waals surface area contributed by atoms with Gasteiger partial charge in [-0.2, -0.15) is 15.8 Å². The molecule has 3 heterocycles. The number of nitrogens with zero attached hydrogens (tertiary/aromatic N) is 4. The molecule has 0 radical (unpaired) electrons. The van der Waals surface area contributed by atoms with Crippen molar-refractivity contribution in [1.82, 2.24) is 4.57 Å². The summed E-state index contributed by atoms with van der Waals surface area (Å²) < 4.78 is 19.3. The van der Waals surface area contributed by atoms with Gasteiger partial charge in [-0.25, -0.2) is 0 Å². The summed E-state index contributed by atoms with van der Waals surface area (Å²) in [7, 11) is 3.32. The predicted octanol–water partition coefficient (Wildman–Crippen LogP) is 3.15. The van der Waals surface area contributed by atoms with Crippen LogP contribution >= 0.6 is 0 Å². The Labute approximate surface area is 173 Å². The van der Waals surface area contributed by atoms with Crippen LogP contribution in [0.1, 0.15) is 24.3 Å². The molecule has 2 aliphatic heterocycles. The van der Waals surface area contributed by atoms with Gasteiger partial charge in [0.1, 0.15) is 11.9 Å². The van der Waals surface area contributed by atoms with E-state index in [9.17, 15) is 15.8 Å². The van der Waals surface area contributed by atoms with Gasteiger partial charge in [0.25, 0.3) is 0 Å². The van der Waals surface area contributed by atoms with Gasteiger partial charge in [-0.3, -0.25) is 5.41 Å². The van der Waals surface area contributed by atoms with Crippen molar-refractivity contribution in [2.45, 2.75) is 18.8 Å². The molecule has 2 saturated heterocycles. The van der Waals surface area contributed by atoms with Crippen LogP contribution < -0.4 is 4.74 Å². The number of nitrogens with one attached hydrogen (secondary N) is 1. The molecule has 8 heteroatoms. The van der Waals surface area contributed by atoms with Crippen LogP contribution in [0, 0.1) is 56.2 Å². The molecule has 8 nitrogen and oxygen atoms in total. The normalized spacial score (nSPS) is 31.1. The first-order valence-corrected chi connectivity index (χ1v) is 9.32. The number of aryl methyl sites for hydroxylation is 1. The van der Waals surface area contributed by atoms with Crippen molar-refractivity contribution in [3.05, 3.63) is 53.9 Å². The van der Waals surface area contributed by atoms with Crippen molar-refractivity contribution in [2.24, 2.45) is 23.8 Å². The van der Waals surface area contributed by atoms with E-state index < -0.39 is 34.5 Å². The molecule has 4 rings (SSSR count). The third-order valence-electron chi connectivity index (χ3n) is 6.41. The maximum atomic E-state index is 10.3. The van der Waals surface area contributed by atoms with Crippen LogP contribution in [-0.4, -0.2) is 17.6 Å². The van der Waals surface area contributed by atoms with Crippen LogP contribution in [0.3, 0.4) is 0 Å². The number of methoxy groups -OCH3 is 1. The molecule has 0 aliphatic carbocycles. The minimum Gasteiger partial charge on any atom is -0.497 e. The summed E-state index contributed by atoms with van der Waals surface area (Å²) in [6, 6.07) is 16.6. The standard InChI is InChI=1S/C22H19N5O3/c1-14-21(13-25)19(26)30-22(14,15-6-8-16(28-3)9-7-15)29-18(20(21,11-23)12-24)17-5-4-10-27(17)2/h4-10,14,18,26H,1-3H3. The highest BCUT2D eigenvalue weighted by Crippen LogP contribution is 2.68. The van der Waals surface area contributed by atoms with Crippen LogP contribution in [0.15, 0.2) is 42.6 Å². The molecule has 0 saturated carbocycles. The van der Waals surface area contributed by atoms with Gasteiger partial charge in [0.15, 0.2) is 5.41 Å². The first-order valence-electron chi connectivity index (χ1n) is 9.32. The Morgan fingerprint density at radius 2 is 1.77 bits per heavy atom. The molecule has 1 N–H and O–H groups in total. The number of ether oxygens (including phenoxy) is 3. The quantitative estimate of drug-likeness (QED) is 0.841. The predicted molar refractivity (Wildman–Crippen MR) is 104 cm³/mol. The van der Waals surface area contributed by atoms with Gasteiger partial charge in [0.2, 0.25) is 17.1 Å². The Balaban J connectivity index is 2.02. The fourth-order valence-electron chi connectivity index (χ4n) is 4.70. The van der Waals surface area contributed by atoms with Gasteiger partial charge >= 0.3 is 0 Å². The third kappa shape index (κ3) is 2.03. The molecule has 0 amide bonds. The molecule has 150 valence electrons. The van der Waals surface area contributed by atoms with Crippen LogP contribution in [0.4, 0.5) is 0 Å². The fourth-order valence-corrected chi connectivity index (χ4v) is 4.70. The van der Waals surface area contributed by atoms with Gasteiger partial charge in [-0.05, 0) is 36.4 Å². The summed E-state index contributed by atoms with van der Waals surface area (Å²) in [5, 5.41) is 39.2. The van der Waals surface area contributed by atoms with Gasteiger partial charge < -0.3 is 18.8 Å². The lowest BCUT2D eigenvalue weighted by atomic mass is 9.54. The first kappa shape index (κ1) is 19.5. The molecule has 4 atom stereocenters. The molecular formula is C22H19N5O3. The van der Waals surface area contributed by atoms with E-state index in [1.807, 2.05) is 12.1 Å². The molecule has 1 aromatic heterocycles. The average molecular weight is 401 g/mol. The maximum Gasteiger partial charge on any atom is 0.244 e. The van der Waals surface area contributed by atoms with E-state index in [1.54, 1.807) is 68.2 Å². The van der Waals surface area contributed by atoms with Crippen LogP contribution in [0.5, 0.6) is 5.75 Å². The smallest absolute Gasteiger partial charge is 0.244 e. The minimum absolute atomic E-state index is 0.437. The van der Waals surface area contributed by atoms with Gasteiger partial charge in [0, 0.05) is 24.5 Å². The lowest BCUT2D eigenvalue weighted by molar-refractivity contribution is -0.289. The zero-order valence-electron chi connectivity index (χ0n) is 16.7. The number of nitriles is 3. The second-order valence-electron chi connectivity index (χ2n) is 7.54. The number of benzene rings is 1. The van der Waals surface area contributed by atoms with E-state index in [-0.39, 0.29) is 0 Å². The number of fused-ring (bicyclic) bond motifs is 2. The second-order valence-corrected chi connectivity index (χ2v) is 7.54. The molecule has 2 fully saturated rings. The van der Waals surface area contributed by atoms with Gasteiger partial charge in [-0.1, -0.05) is 6.92 Å². The highest BCUT2D eigenvalue weighted by molar-refractivity contribution is 5.89. The Hall–Kier alpha value is -3.80. The summed E-state index contributed by atoms with van der Waals surface area (Å²) in [6.07, 6.45) is 0.650. The van der Waals surface area contributed by atoms with E-state index >= 15 is 0 Å². The van der Waals surface area contributed by atoms with Crippen LogP contribution in [0.2, 0.25) is 0 Å². The molecule has 2 aromatic rings. The van der Waals surface area contributed by atoms with Crippen LogP contribution in [0.25, 0.3) is 0 Å². The van der Waals surface area contributed by atoms with Crippen molar-refractivity contribution in [3.8, 4) is 24.0 Å². The summed E-state index contributed by atoms with van der Waals surface area (Å²) >= 11 is 0. The Bertz CT molecular complexity index is 1140. The van der Waals surface area contributed by atoms with E-state index in [0.29, 0.717) is 17.0 Å². The number of rotatable bonds is 3. The molecule has 4 unspecified atom stereocenters. The largest absolute Gasteiger partial charge is 0.497 e. The molecule has 30 heavy (non-hydrogen) atoms. The highest BCUT2D eigenvalue weighted by atomic mass is 16.7. The van der Waals surface area contributed by atoms with E-state index in [1.165, 1.54) is 0 Å². The number of hydrogen-bond donors (Lipinski definition) is 1. The second kappa shape index (κ2) is 6.35. The minimum atomic E-state index is -1.98. The Morgan fingerprint density at radius 3 is 2.27 bits per heavy atom. The fraction of sp³-hybridized carbons (Fsp3) is 0.364. The zero-order valence-corrected chi connectivity index (χ0v) is 16.7. The van der Waals surface area contributed by atoms with Crippen LogP contribution in [-0.2, 0) is 22.3 Å². The van der Waals surface area contributed by atoms with Gasteiger partial charge in [0.05, 0.1) is 31.2 Å². The Morgan fingerprint density at radius 1 is 1.10 bits per heavy atom. The van der Waals surface area contributed by atoms with Crippen molar-refractivity contribution in [3.63, 3.8) is 0 Å². The zero-order chi connectivity index (χ0) is 21.7. The number of aromatic nitrogens is 1. The van der Waals surface area contributed by atoms with Crippen molar-refractivity contribution >= 4 is 5.90 Å². The van der Waals surface area contributed by atoms with Crippen molar-refractivity contribution < 1.29 is 14.2 Å². The summed E-state index contributed by atoms with van der Waals surface area (Å²) in [5.41, 5.74) is -2.68. The average Bonchev–Trinajstić information content (AvgIpc) is 3.25. The summed E-state index contributed by atoms with van der Waals surface area (Å²) in [5.74, 6) is -2.12. The first-order chi connectivity index (χ1) is 14.4. The molecular weight excluding hydrogens is 382 g/mol. The van der Waals surface area contributed by atoms with E-state index in [0.717, 1.165) is 0 Å². The Kier molecular flexibility index (Phi) is 4.13. The third-order valence-corrected chi connectivity index (χ3v) is 6.41. The van der Waals surface area contributed by atoms with E-state index in [4.69, 9.17) is 19.6 Å². The molecule has 2 aliphatic rings. The summed E-state index contributed by atoms with van der Waals surface area (Å²) in [4.78, 5) is 0. The lowest BCUT2D eigenvalue weighted by Crippen LogP contribution is -2.57. The maximum absolute atomic E-state index is 10.3. The van der Waals surface area contributed by atoms with Crippen molar-refractivity contribution in [1.29, 1.82) is 21.2 Å². The summed E-state index contributed by atoms with van der Waals surface area (Å²) in [6.45, 7) is 1.68. The lowest BCUT2D eigenvalue weighted by Gasteiger charge is -2.48. The number of hydrogen-bond acceptors (Lipinski definition) is 7. The SMILES string of the molecule is COc1ccc(C23OC(=N)C(C#N)(C2C)C(C#N)(C#N)C(c2cccn2C)O3)cc1. The van der Waals surface area contributed by atoms with E-state index in [2.05, 4.69) is 6.07 Å².